The molecule has 2 amide bonds. The molecule has 1 atom stereocenters. The van der Waals surface area contributed by atoms with E-state index in [0.717, 1.165) is 56.6 Å². The molecule has 1 saturated heterocycles. The fourth-order valence-electron chi connectivity index (χ4n) is 6.67. The van der Waals surface area contributed by atoms with Crippen LogP contribution in [0.25, 0.3) is 5.69 Å². The number of amidine groups is 1. The summed E-state index contributed by atoms with van der Waals surface area (Å²) in [4.78, 5) is 29.2. The minimum atomic E-state index is -0.750. The second-order valence-corrected chi connectivity index (χ2v) is 15.1. The largest absolute Gasteiger partial charge is 0.493 e. The van der Waals surface area contributed by atoms with Crippen LogP contribution in [-0.4, -0.2) is 62.5 Å². The maximum Gasteiger partial charge on any atom is 0.266 e. The summed E-state index contributed by atoms with van der Waals surface area (Å²) < 4.78 is 7.90. The topological polar surface area (TPSA) is 118 Å². The van der Waals surface area contributed by atoms with Crippen molar-refractivity contribution in [3.05, 3.63) is 89.7 Å². The van der Waals surface area contributed by atoms with Gasteiger partial charge in [-0.1, -0.05) is 71.9 Å². The van der Waals surface area contributed by atoms with Crippen molar-refractivity contribution in [1.82, 2.24) is 25.1 Å². The SMILES string of the molecule is CCC(C)(C)c1ccc(OCCCC(=O)Nc2ccc(N3N=C(N4CCCCC4)C(c4nnnn4-c4ccccc4)C3=O)cc2)c(C(C)(C)CC)c1. The highest BCUT2D eigenvalue weighted by atomic mass is 16.5. The minimum Gasteiger partial charge on any atom is -0.493 e. The van der Waals surface area contributed by atoms with E-state index in [0.29, 0.717) is 42.5 Å². The van der Waals surface area contributed by atoms with Gasteiger partial charge in [-0.2, -0.15) is 14.8 Å². The third kappa shape index (κ3) is 7.88. The van der Waals surface area contributed by atoms with E-state index in [2.05, 4.69) is 85.5 Å². The summed E-state index contributed by atoms with van der Waals surface area (Å²) in [6, 6.07) is 23.3. The molecular formula is C41H52N8O3. The Kier molecular flexibility index (Phi) is 11.1. The first-order valence-corrected chi connectivity index (χ1v) is 18.7. The number of para-hydroxylation sites is 1. The van der Waals surface area contributed by atoms with Crippen LogP contribution in [0.3, 0.4) is 0 Å². The Morgan fingerprint density at radius 2 is 1.60 bits per heavy atom. The number of hydrogen-bond donors (Lipinski definition) is 1. The summed E-state index contributed by atoms with van der Waals surface area (Å²) in [5, 5.41) is 21.8. The fourth-order valence-corrected chi connectivity index (χ4v) is 6.67. The van der Waals surface area contributed by atoms with E-state index in [-0.39, 0.29) is 22.6 Å². The fraction of sp³-hybridized carbons (Fsp3) is 0.463. The van der Waals surface area contributed by atoms with E-state index in [1.54, 1.807) is 28.9 Å². The molecule has 11 heteroatoms. The number of benzene rings is 3. The van der Waals surface area contributed by atoms with Gasteiger partial charge < -0.3 is 15.0 Å². The lowest BCUT2D eigenvalue weighted by Crippen LogP contribution is -2.40. The summed E-state index contributed by atoms with van der Waals surface area (Å²) >= 11 is 0. The predicted molar refractivity (Wildman–Crippen MR) is 205 cm³/mol. The molecule has 0 radical (unpaired) electrons. The number of piperidine rings is 1. The molecule has 1 unspecified atom stereocenters. The molecule has 3 heterocycles. The molecule has 52 heavy (non-hydrogen) atoms. The van der Waals surface area contributed by atoms with E-state index in [1.807, 2.05) is 30.3 Å². The Bertz CT molecular complexity index is 1880. The maximum atomic E-state index is 14.1. The van der Waals surface area contributed by atoms with Crippen LogP contribution in [0, 0.1) is 0 Å². The van der Waals surface area contributed by atoms with E-state index in [9.17, 15) is 9.59 Å². The van der Waals surface area contributed by atoms with Gasteiger partial charge in [-0.3, -0.25) is 9.59 Å². The van der Waals surface area contributed by atoms with Crippen LogP contribution in [-0.2, 0) is 20.4 Å². The number of likely N-dealkylation sites (tertiary alicyclic amines) is 1. The van der Waals surface area contributed by atoms with Gasteiger partial charge in [-0.05, 0) is 108 Å². The van der Waals surface area contributed by atoms with Crippen molar-refractivity contribution in [1.29, 1.82) is 0 Å². The van der Waals surface area contributed by atoms with Gasteiger partial charge >= 0.3 is 0 Å². The average molecular weight is 705 g/mol. The Morgan fingerprint density at radius 3 is 2.29 bits per heavy atom. The van der Waals surface area contributed by atoms with Gasteiger partial charge in [0, 0.05) is 30.8 Å². The number of rotatable bonds is 13. The highest BCUT2D eigenvalue weighted by Gasteiger charge is 2.44. The maximum absolute atomic E-state index is 14.1. The average Bonchev–Trinajstić information content (AvgIpc) is 3.78. The van der Waals surface area contributed by atoms with Gasteiger partial charge in [-0.25, -0.2) is 0 Å². The standard InChI is InChI=1S/C41H52N8O3/c1-7-40(3,4)29-19-24-34(33(28-29)41(5,6)8-2)52-27-15-18-35(50)42-30-20-22-32(23-21-30)49-39(51)36(38(44-49)47-25-13-10-14-26-47)37-43-45-46-48(37)31-16-11-9-12-17-31/h9,11-12,16-17,19-24,28,36H,7-8,10,13-15,18,25-27H2,1-6H3,(H,42,50). The van der Waals surface area contributed by atoms with Crippen molar-refractivity contribution in [3.8, 4) is 11.4 Å². The zero-order valence-corrected chi connectivity index (χ0v) is 31.4. The number of hydrogen-bond acceptors (Lipinski definition) is 8. The third-order valence-electron chi connectivity index (χ3n) is 10.8. The molecule has 6 rings (SSSR count). The normalized spacial score (nSPS) is 16.6. The third-order valence-corrected chi connectivity index (χ3v) is 10.8. The van der Waals surface area contributed by atoms with E-state index in [4.69, 9.17) is 9.84 Å². The molecular weight excluding hydrogens is 653 g/mol. The number of nitrogens with zero attached hydrogens (tertiary/aromatic N) is 7. The Hall–Kier alpha value is -5.06. The lowest BCUT2D eigenvalue weighted by molar-refractivity contribution is -0.118. The van der Waals surface area contributed by atoms with Crippen LogP contribution < -0.4 is 15.1 Å². The van der Waals surface area contributed by atoms with Crippen molar-refractivity contribution in [2.75, 3.05) is 30.0 Å². The second kappa shape index (κ2) is 15.7. The van der Waals surface area contributed by atoms with Gasteiger partial charge in [-0.15, -0.1) is 5.10 Å². The molecule has 0 aliphatic carbocycles. The number of carbonyl (C=O) groups is 2. The lowest BCUT2D eigenvalue weighted by atomic mass is 9.76. The lowest BCUT2D eigenvalue weighted by Gasteiger charge is -2.30. The number of amides is 2. The summed E-state index contributed by atoms with van der Waals surface area (Å²) in [5.74, 6) is 0.903. The molecule has 1 fully saturated rings. The molecule has 2 aliphatic rings. The summed E-state index contributed by atoms with van der Waals surface area (Å²) in [7, 11) is 0. The number of nitrogens with one attached hydrogen (secondary N) is 1. The minimum absolute atomic E-state index is 0.0292. The van der Waals surface area contributed by atoms with Gasteiger partial charge in [0.2, 0.25) is 5.91 Å². The van der Waals surface area contributed by atoms with Gasteiger partial charge in [0.1, 0.15) is 11.6 Å². The summed E-state index contributed by atoms with van der Waals surface area (Å²) in [6.45, 7) is 15.6. The molecule has 0 bridgehead atoms. The van der Waals surface area contributed by atoms with Crippen LogP contribution in [0.4, 0.5) is 11.4 Å². The molecule has 1 N–H and O–H groups in total. The Morgan fingerprint density at radius 1 is 0.885 bits per heavy atom. The monoisotopic (exact) mass is 704 g/mol. The molecule has 2 aliphatic heterocycles. The van der Waals surface area contributed by atoms with E-state index < -0.39 is 5.92 Å². The number of ether oxygens (including phenoxy) is 1. The first-order valence-electron chi connectivity index (χ1n) is 18.7. The number of tetrazole rings is 1. The number of carbonyl (C=O) groups excluding carboxylic acids is 2. The van der Waals surface area contributed by atoms with E-state index >= 15 is 0 Å². The zero-order chi connectivity index (χ0) is 36.9. The molecule has 1 aromatic heterocycles. The summed E-state index contributed by atoms with van der Waals surface area (Å²) in [6.07, 6.45) is 6.17. The predicted octanol–water partition coefficient (Wildman–Crippen LogP) is 7.77. The number of aromatic nitrogens is 4. The highest BCUT2D eigenvalue weighted by Crippen LogP contribution is 2.39. The van der Waals surface area contributed by atoms with Crippen LogP contribution in [0.2, 0.25) is 0 Å². The smallest absolute Gasteiger partial charge is 0.266 e. The Balaban J connectivity index is 1.10. The highest BCUT2D eigenvalue weighted by molar-refractivity contribution is 6.18. The van der Waals surface area contributed by atoms with Gasteiger partial charge in [0.15, 0.2) is 11.7 Å². The van der Waals surface area contributed by atoms with Crippen molar-refractivity contribution < 1.29 is 14.3 Å². The zero-order valence-electron chi connectivity index (χ0n) is 31.4. The molecule has 0 saturated carbocycles. The summed E-state index contributed by atoms with van der Waals surface area (Å²) in [5.41, 5.74) is 4.61. The van der Waals surface area contributed by atoms with Gasteiger partial charge in [0.25, 0.3) is 5.91 Å². The van der Waals surface area contributed by atoms with E-state index in [1.165, 1.54) is 16.1 Å². The van der Waals surface area contributed by atoms with Crippen molar-refractivity contribution in [2.45, 2.75) is 103 Å². The Labute approximate surface area is 307 Å². The first kappa shape index (κ1) is 36.7. The van der Waals surface area contributed by atoms with Crippen molar-refractivity contribution in [2.24, 2.45) is 5.10 Å². The molecule has 4 aromatic rings. The van der Waals surface area contributed by atoms with Crippen LogP contribution in [0.1, 0.15) is 109 Å². The van der Waals surface area contributed by atoms with Crippen LogP contribution in [0.15, 0.2) is 77.9 Å². The molecule has 0 spiro atoms. The van der Waals surface area contributed by atoms with Crippen LogP contribution in [0.5, 0.6) is 5.75 Å². The van der Waals surface area contributed by atoms with Crippen molar-refractivity contribution in [3.63, 3.8) is 0 Å². The quantitative estimate of drug-likeness (QED) is 0.141. The molecule has 11 nitrogen and oxygen atoms in total. The van der Waals surface area contributed by atoms with Crippen molar-refractivity contribution >= 4 is 29.0 Å². The molecule has 3 aromatic carbocycles. The van der Waals surface area contributed by atoms with Crippen LogP contribution >= 0.6 is 0 Å². The molecule has 274 valence electrons. The first-order chi connectivity index (χ1) is 25.0. The second-order valence-electron chi connectivity index (χ2n) is 15.1. The number of hydrazone groups is 1. The number of anilines is 2. The van der Waals surface area contributed by atoms with Gasteiger partial charge in [0.05, 0.1) is 18.0 Å².